The van der Waals surface area contributed by atoms with Crippen LogP contribution >= 0.6 is 0 Å². The van der Waals surface area contributed by atoms with Crippen LogP contribution in [0, 0.1) is 0 Å². The largest absolute Gasteiger partial charge is 0.508 e. The van der Waals surface area contributed by atoms with Crippen LogP contribution in [0.1, 0.15) is 28.4 Å². The molecule has 2 aromatic rings. The van der Waals surface area contributed by atoms with E-state index in [1.54, 1.807) is 18.2 Å². The summed E-state index contributed by atoms with van der Waals surface area (Å²) in [7, 11) is 0. The van der Waals surface area contributed by atoms with Crippen molar-refractivity contribution in [1.82, 2.24) is 0 Å². The van der Waals surface area contributed by atoms with E-state index in [0.29, 0.717) is 17.1 Å². The van der Waals surface area contributed by atoms with Gasteiger partial charge in [0, 0.05) is 12.1 Å². The van der Waals surface area contributed by atoms with E-state index in [-0.39, 0.29) is 48.2 Å². The van der Waals surface area contributed by atoms with Crippen molar-refractivity contribution in [3.8, 4) is 28.7 Å². The molecule has 7 nitrogen and oxygen atoms in total. The minimum atomic E-state index is -0.579. The number of aromatic hydroxyl groups is 2. The molecule has 0 amide bonds. The summed E-state index contributed by atoms with van der Waals surface area (Å²) in [5, 5.41) is 28.7. The van der Waals surface area contributed by atoms with Gasteiger partial charge in [0.05, 0.1) is 13.0 Å². The number of phenols is 2. The number of rotatable bonds is 2. The number of phenolic OH excluding ortho intramolecular Hbond substituents is 2. The second-order valence-corrected chi connectivity index (χ2v) is 6.01. The van der Waals surface area contributed by atoms with Crippen LogP contribution in [-0.2, 0) is 0 Å². The summed E-state index contributed by atoms with van der Waals surface area (Å²) in [5.74, 6) is 0.424. The van der Waals surface area contributed by atoms with Gasteiger partial charge in [0.2, 0.25) is 0 Å². The first-order valence-electron chi connectivity index (χ1n) is 7.85. The Hall–Kier alpha value is -2.93. The van der Waals surface area contributed by atoms with Crippen molar-refractivity contribution in [2.45, 2.75) is 18.6 Å². The number of hydrogen-bond acceptors (Lipinski definition) is 7. The Morgan fingerprint density at radius 2 is 1.88 bits per heavy atom. The van der Waals surface area contributed by atoms with Crippen LogP contribution in [0.4, 0.5) is 0 Å². The van der Waals surface area contributed by atoms with Crippen molar-refractivity contribution in [2.24, 2.45) is 0 Å². The molecule has 2 aliphatic heterocycles. The standard InChI is InChI=1S/C18H16O7/c19-7-11-8-23-14-2-1-9(3-16(14)24-11)15-6-13(22)18-12(21)4-10(20)5-17(18)25-15/h1-5,11,15,19-21H,6-8H2/t11-,15-/m0/s1. The van der Waals surface area contributed by atoms with Crippen LogP contribution in [0.3, 0.4) is 0 Å². The molecule has 0 aliphatic carbocycles. The molecule has 7 heteroatoms. The third-order valence-electron chi connectivity index (χ3n) is 4.25. The molecule has 0 saturated carbocycles. The summed E-state index contributed by atoms with van der Waals surface area (Å²) in [6.45, 7) is 0.112. The van der Waals surface area contributed by atoms with Gasteiger partial charge in [-0.1, -0.05) is 6.07 Å². The molecule has 0 fully saturated rings. The molecule has 0 radical (unpaired) electrons. The normalized spacial score (nSPS) is 21.4. The minimum Gasteiger partial charge on any atom is -0.508 e. The van der Waals surface area contributed by atoms with Gasteiger partial charge < -0.3 is 29.5 Å². The highest BCUT2D eigenvalue weighted by Crippen LogP contribution is 2.43. The lowest BCUT2D eigenvalue weighted by molar-refractivity contribution is 0.0452. The average molecular weight is 344 g/mol. The number of benzene rings is 2. The molecule has 0 saturated heterocycles. The first-order valence-corrected chi connectivity index (χ1v) is 7.85. The second kappa shape index (κ2) is 5.86. The number of carbonyl (C=O) groups excluding carboxylic acids is 1. The zero-order valence-corrected chi connectivity index (χ0v) is 13.1. The zero-order valence-electron chi connectivity index (χ0n) is 13.1. The lowest BCUT2D eigenvalue weighted by Gasteiger charge is -2.29. The Kier molecular flexibility index (Phi) is 3.65. The lowest BCUT2D eigenvalue weighted by Crippen LogP contribution is -2.32. The molecule has 2 aromatic carbocycles. The Morgan fingerprint density at radius 3 is 2.68 bits per heavy atom. The number of Topliss-reactive ketones (excluding diaryl/α,β-unsaturated/α-hetero) is 1. The van der Waals surface area contributed by atoms with Gasteiger partial charge in [-0.2, -0.15) is 0 Å². The maximum absolute atomic E-state index is 12.4. The topological polar surface area (TPSA) is 105 Å². The number of ether oxygens (including phenoxy) is 3. The monoisotopic (exact) mass is 344 g/mol. The van der Waals surface area contributed by atoms with Gasteiger partial charge in [-0.3, -0.25) is 4.79 Å². The molecule has 2 atom stereocenters. The SMILES string of the molecule is O=C1C[C@@H](c2ccc3c(c2)O[C@@H](CO)CO3)Oc2cc(O)cc(O)c21. The van der Waals surface area contributed by atoms with Crippen molar-refractivity contribution in [2.75, 3.05) is 13.2 Å². The average Bonchev–Trinajstić information content (AvgIpc) is 2.59. The van der Waals surface area contributed by atoms with E-state index in [1.165, 1.54) is 6.07 Å². The van der Waals surface area contributed by atoms with Crippen molar-refractivity contribution < 1.29 is 34.3 Å². The highest BCUT2D eigenvalue weighted by molar-refractivity contribution is 6.02. The summed E-state index contributed by atoms with van der Waals surface area (Å²) in [5.41, 5.74) is 0.773. The first-order chi connectivity index (χ1) is 12.0. The number of fused-ring (bicyclic) bond motifs is 2. The minimum absolute atomic E-state index is 0.0500. The fourth-order valence-electron chi connectivity index (χ4n) is 3.03. The van der Waals surface area contributed by atoms with Crippen LogP contribution in [-0.4, -0.2) is 40.4 Å². The van der Waals surface area contributed by atoms with E-state index in [0.717, 1.165) is 6.07 Å². The van der Waals surface area contributed by atoms with E-state index in [9.17, 15) is 20.1 Å². The third kappa shape index (κ3) is 2.72. The number of carbonyl (C=O) groups is 1. The summed E-state index contributed by atoms with van der Waals surface area (Å²) in [4.78, 5) is 12.4. The van der Waals surface area contributed by atoms with Gasteiger partial charge in [-0.05, 0) is 17.7 Å². The van der Waals surface area contributed by atoms with E-state index in [4.69, 9.17) is 14.2 Å². The van der Waals surface area contributed by atoms with Crippen molar-refractivity contribution in [1.29, 1.82) is 0 Å². The van der Waals surface area contributed by atoms with Crippen LogP contribution in [0.25, 0.3) is 0 Å². The Balaban J connectivity index is 1.66. The molecule has 4 rings (SSSR count). The van der Waals surface area contributed by atoms with Crippen molar-refractivity contribution >= 4 is 5.78 Å². The van der Waals surface area contributed by atoms with Gasteiger partial charge in [0.15, 0.2) is 23.4 Å². The van der Waals surface area contributed by atoms with Gasteiger partial charge in [0.25, 0.3) is 0 Å². The Labute approximate surface area is 143 Å². The van der Waals surface area contributed by atoms with E-state index < -0.39 is 12.2 Å². The highest BCUT2D eigenvalue weighted by atomic mass is 16.6. The van der Waals surface area contributed by atoms with Crippen LogP contribution in [0.5, 0.6) is 28.7 Å². The molecular weight excluding hydrogens is 328 g/mol. The van der Waals surface area contributed by atoms with E-state index >= 15 is 0 Å². The third-order valence-corrected chi connectivity index (χ3v) is 4.25. The molecular formula is C18H16O7. The number of hydrogen-bond donors (Lipinski definition) is 3. The predicted molar refractivity (Wildman–Crippen MR) is 85.5 cm³/mol. The molecule has 2 heterocycles. The molecule has 0 aromatic heterocycles. The van der Waals surface area contributed by atoms with Gasteiger partial charge in [-0.15, -0.1) is 0 Å². The maximum atomic E-state index is 12.4. The fraction of sp³-hybridized carbons (Fsp3) is 0.278. The van der Waals surface area contributed by atoms with Gasteiger partial charge in [0.1, 0.15) is 35.5 Å². The van der Waals surface area contributed by atoms with Crippen LogP contribution in [0.2, 0.25) is 0 Å². The first kappa shape index (κ1) is 15.6. The molecule has 130 valence electrons. The lowest BCUT2D eigenvalue weighted by atomic mass is 9.95. The summed E-state index contributed by atoms with van der Waals surface area (Å²) < 4.78 is 17.0. The van der Waals surface area contributed by atoms with Crippen LogP contribution < -0.4 is 14.2 Å². The van der Waals surface area contributed by atoms with E-state index in [2.05, 4.69) is 0 Å². The molecule has 0 spiro atoms. The smallest absolute Gasteiger partial charge is 0.174 e. The van der Waals surface area contributed by atoms with Crippen molar-refractivity contribution in [3.05, 3.63) is 41.5 Å². The summed E-state index contributed by atoms with van der Waals surface area (Å²) in [6.07, 6.45) is -0.968. The van der Waals surface area contributed by atoms with Crippen LogP contribution in [0.15, 0.2) is 30.3 Å². The molecule has 0 unspecified atom stereocenters. The molecule has 2 aliphatic rings. The molecule has 0 bridgehead atoms. The van der Waals surface area contributed by atoms with Gasteiger partial charge in [-0.25, -0.2) is 0 Å². The Bertz CT molecular complexity index is 846. The summed E-state index contributed by atoms with van der Waals surface area (Å²) in [6, 6.07) is 7.62. The van der Waals surface area contributed by atoms with Crippen molar-refractivity contribution in [3.63, 3.8) is 0 Å². The Morgan fingerprint density at radius 1 is 1.04 bits per heavy atom. The number of aliphatic hydroxyl groups is 1. The fourth-order valence-corrected chi connectivity index (χ4v) is 3.03. The van der Waals surface area contributed by atoms with Gasteiger partial charge >= 0.3 is 0 Å². The maximum Gasteiger partial charge on any atom is 0.174 e. The zero-order chi connectivity index (χ0) is 17.6. The molecule has 3 N–H and O–H groups in total. The second-order valence-electron chi connectivity index (χ2n) is 6.01. The number of ketones is 1. The summed E-state index contributed by atoms with van der Waals surface area (Å²) >= 11 is 0. The highest BCUT2D eigenvalue weighted by Gasteiger charge is 2.32. The van der Waals surface area contributed by atoms with E-state index in [1.807, 2.05) is 0 Å². The predicted octanol–water partition coefficient (Wildman–Crippen LogP) is 1.94. The quantitative estimate of drug-likeness (QED) is 0.764. The number of aliphatic hydroxyl groups excluding tert-OH is 1. The molecule has 25 heavy (non-hydrogen) atoms.